The molecule has 0 aliphatic rings. The second kappa shape index (κ2) is 7.77. The highest BCUT2D eigenvalue weighted by atomic mass is 16.1. The number of hydrogen-bond acceptors (Lipinski definition) is 6. The molecule has 0 bridgehead atoms. The highest BCUT2D eigenvalue weighted by Crippen LogP contribution is 2.03. The minimum absolute atomic E-state index is 0.219. The molecule has 120 valence electrons. The molecule has 3 aromatic rings. The summed E-state index contributed by atoms with van der Waals surface area (Å²) in [6.45, 7) is 0.954. The van der Waals surface area contributed by atoms with E-state index in [1.807, 2.05) is 30.3 Å². The molecule has 7 heteroatoms. The van der Waals surface area contributed by atoms with Gasteiger partial charge in [0.25, 0.3) is 5.91 Å². The van der Waals surface area contributed by atoms with E-state index in [1.54, 1.807) is 18.6 Å². The van der Waals surface area contributed by atoms with Gasteiger partial charge in [0, 0.05) is 37.5 Å². The topological polar surface area (TPSA) is 92.7 Å². The number of hydrogen-bond donors (Lipinski definition) is 2. The van der Waals surface area contributed by atoms with Gasteiger partial charge in [0.15, 0.2) is 0 Å². The van der Waals surface area contributed by atoms with Crippen molar-refractivity contribution in [2.45, 2.75) is 13.1 Å². The van der Waals surface area contributed by atoms with E-state index in [4.69, 9.17) is 0 Å². The molecule has 0 aromatic carbocycles. The Kier molecular flexibility index (Phi) is 5.03. The Morgan fingerprint density at radius 3 is 2.42 bits per heavy atom. The van der Waals surface area contributed by atoms with Crippen LogP contribution in [-0.4, -0.2) is 25.8 Å². The van der Waals surface area contributed by atoms with Crippen LogP contribution in [0.25, 0.3) is 0 Å². The monoisotopic (exact) mass is 320 g/mol. The number of pyridine rings is 2. The average molecular weight is 320 g/mol. The Labute approximate surface area is 139 Å². The van der Waals surface area contributed by atoms with Crippen LogP contribution in [0, 0.1) is 0 Å². The molecule has 0 radical (unpaired) electrons. The lowest BCUT2D eigenvalue weighted by atomic mass is 10.2. The van der Waals surface area contributed by atoms with E-state index in [9.17, 15) is 4.79 Å². The zero-order chi connectivity index (χ0) is 16.6. The lowest BCUT2D eigenvalue weighted by Crippen LogP contribution is -2.23. The van der Waals surface area contributed by atoms with Crippen LogP contribution in [0.2, 0.25) is 0 Å². The van der Waals surface area contributed by atoms with Crippen LogP contribution in [0.15, 0.2) is 61.3 Å². The highest BCUT2D eigenvalue weighted by Gasteiger charge is 2.07. The SMILES string of the molecule is O=C(NCc1ccncc1)c1cnc(NCc2ccccn2)nc1. The molecule has 0 fully saturated rings. The molecule has 0 saturated carbocycles. The summed E-state index contributed by atoms with van der Waals surface area (Å²) >= 11 is 0. The third-order valence-electron chi connectivity index (χ3n) is 3.27. The van der Waals surface area contributed by atoms with Crippen molar-refractivity contribution in [3.63, 3.8) is 0 Å². The molecule has 3 rings (SSSR count). The summed E-state index contributed by atoms with van der Waals surface area (Å²) in [5, 5.41) is 5.88. The van der Waals surface area contributed by atoms with Gasteiger partial charge < -0.3 is 10.6 Å². The van der Waals surface area contributed by atoms with Crippen LogP contribution in [0.5, 0.6) is 0 Å². The van der Waals surface area contributed by atoms with Crippen molar-refractivity contribution >= 4 is 11.9 Å². The highest BCUT2D eigenvalue weighted by molar-refractivity contribution is 5.93. The van der Waals surface area contributed by atoms with Crippen molar-refractivity contribution in [3.8, 4) is 0 Å². The molecule has 3 aromatic heterocycles. The summed E-state index contributed by atoms with van der Waals surface area (Å²) in [5.74, 6) is 0.231. The minimum Gasteiger partial charge on any atom is -0.349 e. The molecule has 0 aliphatic carbocycles. The van der Waals surface area contributed by atoms with Gasteiger partial charge >= 0.3 is 0 Å². The first-order chi connectivity index (χ1) is 11.8. The van der Waals surface area contributed by atoms with Crippen molar-refractivity contribution in [1.82, 2.24) is 25.3 Å². The number of carbonyl (C=O) groups is 1. The Morgan fingerprint density at radius 2 is 1.71 bits per heavy atom. The molecule has 0 aliphatic heterocycles. The summed E-state index contributed by atoms with van der Waals surface area (Å²) in [5.41, 5.74) is 2.28. The van der Waals surface area contributed by atoms with E-state index in [0.29, 0.717) is 24.6 Å². The smallest absolute Gasteiger partial charge is 0.254 e. The first-order valence-corrected chi connectivity index (χ1v) is 7.44. The Bertz CT molecular complexity index is 777. The molecular weight excluding hydrogens is 304 g/mol. The van der Waals surface area contributed by atoms with Crippen LogP contribution < -0.4 is 10.6 Å². The van der Waals surface area contributed by atoms with E-state index in [-0.39, 0.29) is 5.91 Å². The number of amides is 1. The van der Waals surface area contributed by atoms with Crippen LogP contribution in [0.1, 0.15) is 21.6 Å². The Balaban J connectivity index is 1.53. The zero-order valence-electron chi connectivity index (χ0n) is 12.9. The first kappa shape index (κ1) is 15.5. The molecular formula is C17H16N6O. The quantitative estimate of drug-likeness (QED) is 0.719. The standard InChI is InChI=1S/C17H16N6O/c24-16(20-9-13-4-7-18-8-5-13)14-10-21-17(22-11-14)23-12-15-3-1-2-6-19-15/h1-8,10-11H,9,12H2,(H,20,24)(H,21,22,23). The van der Waals surface area contributed by atoms with E-state index >= 15 is 0 Å². The maximum Gasteiger partial charge on any atom is 0.254 e. The summed E-state index contributed by atoms with van der Waals surface area (Å²) in [6.07, 6.45) is 8.10. The molecule has 3 heterocycles. The second-order valence-corrected chi connectivity index (χ2v) is 5.01. The van der Waals surface area contributed by atoms with Gasteiger partial charge in [-0.2, -0.15) is 0 Å². The van der Waals surface area contributed by atoms with Gasteiger partial charge in [-0.1, -0.05) is 6.07 Å². The zero-order valence-corrected chi connectivity index (χ0v) is 12.9. The minimum atomic E-state index is -0.219. The third-order valence-corrected chi connectivity index (χ3v) is 3.27. The molecule has 2 N–H and O–H groups in total. The maximum absolute atomic E-state index is 12.1. The summed E-state index contributed by atoms with van der Waals surface area (Å²) in [7, 11) is 0. The summed E-state index contributed by atoms with van der Waals surface area (Å²) in [6, 6.07) is 9.39. The fourth-order valence-corrected chi connectivity index (χ4v) is 1.99. The molecule has 0 unspecified atom stereocenters. The maximum atomic E-state index is 12.1. The fourth-order valence-electron chi connectivity index (χ4n) is 1.99. The van der Waals surface area contributed by atoms with Crippen molar-refractivity contribution in [1.29, 1.82) is 0 Å². The lowest BCUT2D eigenvalue weighted by molar-refractivity contribution is 0.0950. The van der Waals surface area contributed by atoms with Gasteiger partial charge in [0.1, 0.15) is 0 Å². The Hall–Kier alpha value is -3.35. The van der Waals surface area contributed by atoms with Crippen molar-refractivity contribution in [3.05, 3.63) is 78.1 Å². The van der Waals surface area contributed by atoms with Crippen LogP contribution in [-0.2, 0) is 13.1 Å². The van der Waals surface area contributed by atoms with Crippen molar-refractivity contribution < 1.29 is 4.79 Å². The number of carbonyl (C=O) groups excluding carboxylic acids is 1. The lowest BCUT2D eigenvalue weighted by Gasteiger charge is -2.06. The fraction of sp³-hybridized carbons (Fsp3) is 0.118. The van der Waals surface area contributed by atoms with Crippen LogP contribution in [0.3, 0.4) is 0 Å². The van der Waals surface area contributed by atoms with Gasteiger partial charge in [-0.15, -0.1) is 0 Å². The largest absolute Gasteiger partial charge is 0.349 e. The van der Waals surface area contributed by atoms with Gasteiger partial charge in [0.05, 0.1) is 17.8 Å². The van der Waals surface area contributed by atoms with Gasteiger partial charge in [-0.05, 0) is 29.8 Å². The summed E-state index contributed by atoms with van der Waals surface area (Å²) < 4.78 is 0. The normalized spacial score (nSPS) is 10.2. The second-order valence-electron chi connectivity index (χ2n) is 5.01. The molecule has 1 amide bonds. The Morgan fingerprint density at radius 1 is 0.917 bits per heavy atom. The number of rotatable bonds is 6. The molecule has 0 saturated heterocycles. The predicted molar refractivity (Wildman–Crippen MR) is 89.0 cm³/mol. The van der Waals surface area contributed by atoms with Crippen molar-refractivity contribution in [2.75, 3.05) is 5.32 Å². The first-order valence-electron chi connectivity index (χ1n) is 7.44. The average Bonchev–Trinajstić information content (AvgIpc) is 2.66. The van der Waals surface area contributed by atoms with E-state index < -0.39 is 0 Å². The van der Waals surface area contributed by atoms with Gasteiger partial charge in [-0.25, -0.2) is 9.97 Å². The molecule has 7 nitrogen and oxygen atoms in total. The number of anilines is 1. The number of aromatic nitrogens is 4. The van der Waals surface area contributed by atoms with Gasteiger partial charge in [0.2, 0.25) is 5.95 Å². The molecule has 0 spiro atoms. The predicted octanol–water partition coefficient (Wildman–Crippen LogP) is 1.81. The van der Waals surface area contributed by atoms with E-state index in [0.717, 1.165) is 11.3 Å². The van der Waals surface area contributed by atoms with Crippen molar-refractivity contribution in [2.24, 2.45) is 0 Å². The third kappa shape index (κ3) is 4.33. The number of nitrogens with zero attached hydrogens (tertiary/aromatic N) is 4. The summed E-state index contributed by atoms with van der Waals surface area (Å²) in [4.78, 5) is 28.5. The number of nitrogens with one attached hydrogen (secondary N) is 2. The van der Waals surface area contributed by atoms with Crippen LogP contribution in [0.4, 0.5) is 5.95 Å². The van der Waals surface area contributed by atoms with Gasteiger partial charge in [-0.3, -0.25) is 14.8 Å². The van der Waals surface area contributed by atoms with E-state index in [2.05, 4.69) is 30.6 Å². The van der Waals surface area contributed by atoms with Crippen LogP contribution >= 0.6 is 0 Å². The molecule has 0 atom stereocenters. The van der Waals surface area contributed by atoms with E-state index in [1.165, 1.54) is 12.4 Å². The molecule has 24 heavy (non-hydrogen) atoms.